The van der Waals surface area contributed by atoms with Crippen molar-refractivity contribution in [2.75, 3.05) is 17.7 Å². The van der Waals surface area contributed by atoms with Crippen molar-refractivity contribution in [3.05, 3.63) is 77.0 Å². The monoisotopic (exact) mass is 432 g/mol. The van der Waals surface area contributed by atoms with Gasteiger partial charge in [0.05, 0.1) is 24.4 Å². The lowest BCUT2D eigenvalue weighted by Crippen LogP contribution is -2.25. The van der Waals surface area contributed by atoms with Gasteiger partial charge in [-0.25, -0.2) is 4.68 Å². The van der Waals surface area contributed by atoms with Crippen LogP contribution in [0.25, 0.3) is 10.8 Å². The van der Waals surface area contributed by atoms with Gasteiger partial charge in [-0.2, -0.15) is 10.2 Å². The Morgan fingerprint density at radius 1 is 1.00 bits per heavy atom. The predicted molar refractivity (Wildman–Crippen MR) is 119 cm³/mol. The van der Waals surface area contributed by atoms with E-state index in [0.717, 1.165) is 4.68 Å². The molecule has 2 heterocycles. The number of fused-ring (bicyclic) bond motifs is 1. The maximum atomic E-state index is 12.8. The van der Waals surface area contributed by atoms with E-state index in [9.17, 15) is 14.4 Å². The molecule has 2 aromatic carbocycles. The molecule has 0 fully saturated rings. The molecule has 0 saturated heterocycles. The zero-order chi connectivity index (χ0) is 22.7. The fraction of sp³-hybridized carbons (Fsp3) is 0.136. The number of carbonyl (C=O) groups excluding carboxylic acids is 2. The number of carbonyl (C=O) groups is 2. The van der Waals surface area contributed by atoms with Gasteiger partial charge in [-0.15, -0.1) is 0 Å². The highest BCUT2D eigenvalue weighted by Crippen LogP contribution is 2.16. The van der Waals surface area contributed by atoms with E-state index in [1.807, 2.05) is 0 Å². The molecule has 10 nitrogen and oxygen atoms in total. The first-order valence-electron chi connectivity index (χ1n) is 9.68. The molecule has 162 valence electrons. The Labute approximate surface area is 182 Å². The molecule has 0 unspecified atom stereocenters. The molecule has 0 aliphatic heterocycles. The van der Waals surface area contributed by atoms with Gasteiger partial charge in [0.1, 0.15) is 12.3 Å². The predicted octanol–water partition coefficient (Wildman–Crippen LogP) is 2.03. The Balaban J connectivity index is 1.45. The number of benzene rings is 2. The minimum atomic E-state index is -0.487. The molecule has 4 aromatic rings. The molecule has 4 rings (SSSR count). The zero-order valence-corrected chi connectivity index (χ0v) is 17.4. The summed E-state index contributed by atoms with van der Waals surface area (Å²) < 4.78 is 7.62. The fourth-order valence-electron chi connectivity index (χ4n) is 3.19. The Hall–Kier alpha value is -4.47. The first kappa shape index (κ1) is 20.8. The van der Waals surface area contributed by atoms with Crippen LogP contribution in [0.15, 0.2) is 65.7 Å². The van der Waals surface area contributed by atoms with Crippen LogP contribution in [0.1, 0.15) is 10.5 Å². The molecule has 0 aliphatic rings. The molecule has 0 saturated carbocycles. The Kier molecular flexibility index (Phi) is 5.67. The third kappa shape index (κ3) is 4.33. The largest absolute Gasteiger partial charge is 0.497 e. The number of hydrogen-bond donors (Lipinski definition) is 2. The normalized spacial score (nSPS) is 10.7. The van der Waals surface area contributed by atoms with Crippen molar-refractivity contribution in [1.29, 1.82) is 0 Å². The number of anilines is 2. The number of aryl methyl sites for hydroxylation is 1. The molecule has 0 atom stereocenters. The smallest absolute Gasteiger partial charge is 0.276 e. The number of nitrogens with one attached hydrogen (secondary N) is 2. The SMILES string of the molecule is COc1ccc(NC(=O)Cn2cc(NC(=O)c3nn(C)c(=O)c4ccccc34)cn2)cc1. The van der Waals surface area contributed by atoms with Crippen molar-refractivity contribution in [2.45, 2.75) is 6.54 Å². The minimum Gasteiger partial charge on any atom is -0.497 e. The summed E-state index contributed by atoms with van der Waals surface area (Å²) in [6.45, 7) is -0.0388. The molecule has 0 aliphatic carbocycles. The van der Waals surface area contributed by atoms with Crippen LogP contribution in [0, 0.1) is 0 Å². The van der Waals surface area contributed by atoms with Gasteiger partial charge in [0, 0.05) is 24.3 Å². The summed E-state index contributed by atoms with van der Waals surface area (Å²) in [4.78, 5) is 37.3. The first-order chi connectivity index (χ1) is 15.4. The Morgan fingerprint density at radius 3 is 2.44 bits per heavy atom. The van der Waals surface area contributed by atoms with Crippen molar-refractivity contribution >= 4 is 34.0 Å². The summed E-state index contributed by atoms with van der Waals surface area (Å²) in [5.74, 6) is -0.0721. The van der Waals surface area contributed by atoms with Crippen molar-refractivity contribution in [1.82, 2.24) is 19.6 Å². The van der Waals surface area contributed by atoms with Gasteiger partial charge in [0.25, 0.3) is 11.5 Å². The molecular weight excluding hydrogens is 412 g/mol. The van der Waals surface area contributed by atoms with Gasteiger partial charge in [0.15, 0.2) is 5.69 Å². The third-order valence-electron chi connectivity index (χ3n) is 4.74. The third-order valence-corrected chi connectivity index (χ3v) is 4.74. The van der Waals surface area contributed by atoms with E-state index < -0.39 is 5.91 Å². The standard InChI is InChI=1S/C22H20N6O4/c1-27-22(31)18-6-4-3-5-17(18)20(26-27)21(30)25-15-11-23-28(12-15)13-19(29)24-14-7-9-16(32-2)10-8-14/h3-12H,13H2,1-2H3,(H,24,29)(H,25,30). The van der Waals surface area contributed by atoms with E-state index in [0.29, 0.717) is 27.9 Å². The van der Waals surface area contributed by atoms with Crippen LogP contribution >= 0.6 is 0 Å². The van der Waals surface area contributed by atoms with E-state index in [1.165, 1.54) is 24.1 Å². The van der Waals surface area contributed by atoms with Gasteiger partial charge in [-0.05, 0) is 30.3 Å². The van der Waals surface area contributed by atoms with E-state index in [-0.39, 0.29) is 23.7 Å². The summed E-state index contributed by atoms with van der Waals surface area (Å²) in [6.07, 6.45) is 2.97. The van der Waals surface area contributed by atoms with Crippen molar-refractivity contribution < 1.29 is 14.3 Å². The van der Waals surface area contributed by atoms with Crippen LogP contribution in [0.2, 0.25) is 0 Å². The zero-order valence-electron chi connectivity index (χ0n) is 17.4. The van der Waals surface area contributed by atoms with Gasteiger partial charge in [-0.3, -0.25) is 19.1 Å². The van der Waals surface area contributed by atoms with Gasteiger partial charge in [0.2, 0.25) is 5.91 Å². The van der Waals surface area contributed by atoms with E-state index in [1.54, 1.807) is 55.6 Å². The molecular formula is C22H20N6O4. The second-order valence-electron chi connectivity index (χ2n) is 6.98. The summed E-state index contributed by atoms with van der Waals surface area (Å²) >= 11 is 0. The highest BCUT2D eigenvalue weighted by Gasteiger charge is 2.16. The van der Waals surface area contributed by atoms with Crippen molar-refractivity contribution in [3.8, 4) is 5.75 Å². The van der Waals surface area contributed by atoms with E-state index in [4.69, 9.17) is 4.74 Å². The molecule has 10 heteroatoms. The van der Waals surface area contributed by atoms with Crippen LogP contribution in [0.3, 0.4) is 0 Å². The van der Waals surface area contributed by atoms with E-state index >= 15 is 0 Å². The van der Waals surface area contributed by atoms with Crippen LogP contribution in [-0.2, 0) is 18.4 Å². The number of amides is 2. The van der Waals surface area contributed by atoms with Crippen LogP contribution in [-0.4, -0.2) is 38.5 Å². The molecule has 0 bridgehead atoms. The number of nitrogens with zero attached hydrogens (tertiary/aromatic N) is 4. The van der Waals surface area contributed by atoms with Crippen LogP contribution < -0.4 is 20.9 Å². The second-order valence-corrected chi connectivity index (χ2v) is 6.98. The topological polar surface area (TPSA) is 120 Å². The Bertz CT molecular complexity index is 1360. The molecule has 32 heavy (non-hydrogen) atoms. The highest BCUT2D eigenvalue weighted by molar-refractivity contribution is 6.11. The number of methoxy groups -OCH3 is 1. The Morgan fingerprint density at radius 2 is 1.72 bits per heavy atom. The van der Waals surface area contributed by atoms with Crippen LogP contribution in [0.4, 0.5) is 11.4 Å². The van der Waals surface area contributed by atoms with Gasteiger partial charge < -0.3 is 15.4 Å². The minimum absolute atomic E-state index is 0.0388. The highest BCUT2D eigenvalue weighted by atomic mass is 16.5. The van der Waals surface area contributed by atoms with Gasteiger partial charge in [-0.1, -0.05) is 18.2 Å². The lowest BCUT2D eigenvalue weighted by Gasteiger charge is -2.08. The first-order valence-corrected chi connectivity index (χ1v) is 9.68. The number of rotatable bonds is 6. The van der Waals surface area contributed by atoms with Crippen LogP contribution in [0.5, 0.6) is 5.75 Å². The number of aromatic nitrogens is 4. The number of ether oxygens (including phenoxy) is 1. The molecule has 0 spiro atoms. The summed E-state index contributed by atoms with van der Waals surface area (Å²) in [5.41, 5.74) is 0.858. The van der Waals surface area contributed by atoms with Gasteiger partial charge >= 0.3 is 0 Å². The fourth-order valence-corrected chi connectivity index (χ4v) is 3.19. The molecule has 2 aromatic heterocycles. The lowest BCUT2D eigenvalue weighted by atomic mass is 10.1. The molecule has 0 radical (unpaired) electrons. The van der Waals surface area contributed by atoms with Crippen molar-refractivity contribution in [2.24, 2.45) is 7.05 Å². The summed E-state index contributed by atoms with van der Waals surface area (Å²) in [5, 5.41) is 14.5. The quantitative estimate of drug-likeness (QED) is 0.481. The summed E-state index contributed by atoms with van der Waals surface area (Å²) in [7, 11) is 3.06. The maximum absolute atomic E-state index is 12.8. The number of hydrogen-bond acceptors (Lipinski definition) is 6. The lowest BCUT2D eigenvalue weighted by molar-refractivity contribution is -0.116. The summed E-state index contributed by atoms with van der Waals surface area (Å²) in [6, 6.07) is 13.7. The van der Waals surface area contributed by atoms with Crippen molar-refractivity contribution in [3.63, 3.8) is 0 Å². The average Bonchev–Trinajstić information content (AvgIpc) is 3.23. The van der Waals surface area contributed by atoms with E-state index in [2.05, 4.69) is 20.8 Å². The molecule has 2 N–H and O–H groups in total. The second kappa shape index (κ2) is 8.72. The maximum Gasteiger partial charge on any atom is 0.276 e. The molecule has 2 amide bonds. The average molecular weight is 432 g/mol.